The number of unbranched alkanes of at least 4 members (excludes halogenated alkanes) is 3. The lowest BCUT2D eigenvalue weighted by molar-refractivity contribution is 0.632. The molecule has 0 amide bonds. The lowest BCUT2D eigenvalue weighted by atomic mass is 10.2. The Bertz CT molecular complexity index is 85.0. The van der Waals surface area contributed by atoms with Crippen LogP contribution in [0.25, 0.3) is 0 Å². The van der Waals surface area contributed by atoms with Gasteiger partial charge in [0.15, 0.2) is 0 Å². The van der Waals surface area contributed by atoms with Gasteiger partial charge in [0.25, 0.3) is 0 Å². The van der Waals surface area contributed by atoms with E-state index in [-0.39, 0.29) is 0 Å². The summed E-state index contributed by atoms with van der Waals surface area (Å²) < 4.78 is 0. The Kier molecular flexibility index (Phi) is 8.96. The van der Waals surface area contributed by atoms with Gasteiger partial charge in [-0.3, -0.25) is 0 Å². The summed E-state index contributed by atoms with van der Waals surface area (Å²) in [6, 6.07) is 0. The van der Waals surface area contributed by atoms with Crippen LogP contribution in [0.1, 0.15) is 25.7 Å². The van der Waals surface area contributed by atoms with E-state index in [0.29, 0.717) is 0 Å². The molecule has 0 fully saturated rings. The van der Waals surface area contributed by atoms with Crippen LogP contribution < -0.4 is 5.32 Å². The zero-order valence-electron chi connectivity index (χ0n) is 7.31. The fourth-order valence-corrected chi connectivity index (χ4v) is 0.920. The third kappa shape index (κ3) is 9.44. The first-order valence-electron chi connectivity index (χ1n) is 4.34. The highest BCUT2D eigenvalue weighted by Crippen LogP contribution is 1.98. The van der Waals surface area contributed by atoms with Crippen molar-refractivity contribution in [2.45, 2.75) is 25.7 Å². The van der Waals surface area contributed by atoms with Gasteiger partial charge in [-0.05, 0) is 25.8 Å². The lowest BCUT2D eigenvalue weighted by Crippen LogP contribution is -2.14. The summed E-state index contributed by atoms with van der Waals surface area (Å²) in [5, 5.41) is 3.27. The van der Waals surface area contributed by atoms with E-state index in [0.717, 1.165) is 19.5 Å². The predicted molar refractivity (Wildman–Crippen MR) is 51.7 cm³/mol. The fraction of sp³-hybridized carbons (Fsp3) is 0.600. The highest BCUT2D eigenvalue weighted by Gasteiger charge is 1.85. The molecule has 0 radical (unpaired) electrons. The predicted octanol–water partition coefficient (Wildman–Crippen LogP) is 2.51. The van der Waals surface area contributed by atoms with Gasteiger partial charge >= 0.3 is 0 Å². The van der Waals surface area contributed by atoms with E-state index in [2.05, 4.69) is 18.5 Å². The van der Waals surface area contributed by atoms with Gasteiger partial charge in [0.05, 0.1) is 0 Å². The Balaban J connectivity index is 2.79. The van der Waals surface area contributed by atoms with Crippen molar-refractivity contribution in [3.8, 4) is 0 Å². The zero-order chi connectivity index (χ0) is 8.36. The minimum atomic E-state index is 0.932. The number of nitrogens with one attached hydrogen (secondary N) is 1. The topological polar surface area (TPSA) is 12.0 Å². The van der Waals surface area contributed by atoms with Crippen molar-refractivity contribution in [2.24, 2.45) is 0 Å². The van der Waals surface area contributed by atoms with Gasteiger partial charge in [0.2, 0.25) is 0 Å². The molecule has 0 saturated carbocycles. The monoisotopic (exact) mass is 153 g/mol. The zero-order valence-corrected chi connectivity index (χ0v) is 7.31. The summed E-state index contributed by atoms with van der Waals surface area (Å²) in [5.41, 5.74) is 0. The summed E-state index contributed by atoms with van der Waals surface area (Å²) in [4.78, 5) is 0. The Morgan fingerprint density at radius 3 is 2.45 bits per heavy atom. The van der Waals surface area contributed by atoms with Crippen molar-refractivity contribution in [1.82, 2.24) is 5.32 Å². The van der Waals surface area contributed by atoms with E-state index in [9.17, 15) is 0 Å². The number of rotatable bonds is 8. The van der Waals surface area contributed by atoms with Crippen LogP contribution in [0.15, 0.2) is 25.3 Å². The molecule has 64 valence electrons. The van der Waals surface area contributed by atoms with Crippen LogP contribution in [0.4, 0.5) is 0 Å². The second-order valence-electron chi connectivity index (χ2n) is 2.63. The van der Waals surface area contributed by atoms with Crippen molar-refractivity contribution in [3.63, 3.8) is 0 Å². The van der Waals surface area contributed by atoms with Crippen molar-refractivity contribution in [3.05, 3.63) is 25.3 Å². The maximum atomic E-state index is 3.68. The molecule has 0 heterocycles. The summed E-state index contributed by atoms with van der Waals surface area (Å²) in [6.07, 6.45) is 8.87. The van der Waals surface area contributed by atoms with E-state index in [1.165, 1.54) is 19.3 Å². The molecule has 0 aliphatic rings. The van der Waals surface area contributed by atoms with Crippen LogP contribution in [0.3, 0.4) is 0 Å². The standard InChI is InChI=1S/C10H19N/c1-3-5-6-7-8-10-11-9-4-2/h3-4,11H,1-2,5-10H2. The van der Waals surface area contributed by atoms with Gasteiger partial charge in [-0.1, -0.05) is 18.6 Å². The molecule has 0 aliphatic heterocycles. The maximum Gasteiger partial charge on any atom is 0.0132 e. The summed E-state index contributed by atoms with van der Waals surface area (Å²) in [6.45, 7) is 9.36. The van der Waals surface area contributed by atoms with Crippen LogP contribution in [0.5, 0.6) is 0 Å². The fourth-order valence-electron chi connectivity index (χ4n) is 0.920. The Morgan fingerprint density at radius 2 is 1.82 bits per heavy atom. The van der Waals surface area contributed by atoms with Crippen molar-refractivity contribution >= 4 is 0 Å². The second-order valence-corrected chi connectivity index (χ2v) is 2.63. The molecule has 0 aliphatic carbocycles. The number of hydrogen-bond acceptors (Lipinski definition) is 1. The molecule has 0 saturated heterocycles. The summed E-state index contributed by atoms with van der Waals surface area (Å²) in [5.74, 6) is 0. The third-order valence-corrected chi connectivity index (χ3v) is 1.55. The molecule has 0 aromatic carbocycles. The van der Waals surface area contributed by atoms with Gasteiger partial charge in [-0.25, -0.2) is 0 Å². The van der Waals surface area contributed by atoms with Gasteiger partial charge in [0.1, 0.15) is 0 Å². The molecule has 0 unspecified atom stereocenters. The molecule has 1 N–H and O–H groups in total. The van der Waals surface area contributed by atoms with E-state index in [1.807, 2.05) is 12.2 Å². The van der Waals surface area contributed by atoms with Gasteiger partial charge in [-0.2, -0.15) is 0 Å². The Labute approximate surface area is 70.2 Å². The van der Waals surface area contributed by atoms with Crippen LogP contribution >= 0.6 is 0 Å². The molecule has 0 bridgehead atoms. The average molecular weight is 153 g/mol. The first-order valence-corrected chi connectivity index (χ1v) is 4.34. The van der Waals surface area contributed by atoms with Crippen LogP contribution in [-0.2, 0) is 0 Å². The molecule has 0 spiro atoms. The molecular formula is C10H19N. The van der Waals surface area contributed by atoms with Crippen LogP contribution in [0.2, 0.25) is 0 Å². The summed E-state index contributed by atoms with van der Waals surface area (Å²) >= 11 is 0. The minimum absolute atomic E-state index is 0.932. The third-order valence-electron chi connectivity index (χ3n) is 1.55. The number of allylic oxidation sites excluding steroid dienone is 1. The van der Waals surface area contributed by atoms with E-state index in [4.69, 9.17) is 0 Å². The summed E-state index contributed by atoms with van der Waals surface area (Å²) in [7, 11) is 0. The minimum Gasteiger partial charge on any atom is -0.313 e. The molecule has 0 atom stereocenters. The van der Waals surface area contributed by atoms with Gasteiger partial charge < -0.3 is 5.32 Å². The van der Waals surface area contributed by atoms with E-state index in [1.54, 1.807) is 0 Å². The molecule has 1 heteroatoms. The maximum absolute atomic E-state index is 3.68. The van der Waals surface area contributed by atoms with Crippen molar-refractivity contribution in [1.29, 1.82) is 0 Å². The largest absolute Gasteiger partial charge is 0.313 e. The second kappa shape index (κ2) is 9.44. The van der Waals surface area contributed by atoms with Gasteiger partial charge in [-0.15, -0.1) is 13.2 Å². The molecular weight excluding hydrogens is 134 g/mol. The highest BCUT2D eigenvalue weighted by molar-refractivity contribution is 4.69. The smallest absolute Gasteiger partial charge is 0.0132 e. The molecule has 0 aromatic heterocycles. The highest BCUT2D eigenvalue weighted by atomic mass is 14.8. The van der Waals surface area contributed by atoms with Crippen LogP contribution in [0, 0.1) is 0 Å². The quantitative estimate of drug-likeness (QED) is 0.417. The van der Waals surface area contributed by atoms with Gasteiger partial charge in [0, 0.05) is 6.54 Å². The SMILES string of the molecule is C=CCCCCCNCC=C. The van der Waals surface area contributed by atoms with Crippen molar-refractivity contribution in [2.75, 3.05) is 13.1 Å². The van der Waals surface area contributed by atoms with E-state index < -0.39 is 0 Å². The normalized spacial score (nSPS) is 9.45. The van der Waals surface area contributed by atoms with E-state index >= 15 is 0 Å². The van der Waals surface area contributed by atoms with Crippen LogP contribution in [-0.4, -0.2) is 13.1 Å². The number of hydrogen-bond donors (Lipinski definition) is 1. The lowest BCUT2D eigenvalue weighted by Gasteiger charge is -1.99. The molecule has 0 aromatic rings. The molecule has 1 nitrogen and oxygen atoms in total. The molecule has 0 rings (SSSR count). The Morgan fingerprint density at radius 1 is 1.00 bits per heavy atom. The first kappa shape index (κ1) is 10.4. The first-order chi connectivity index (χ1) is 5.41. The molecule has 11 heavy (non-hydrogen) atoms. The Hall–Kier alpha value is -0.560. The van der Waals surface area contributed by atoms with Crippen molar-refractivity contribution < 1.29 is 0 Å². The average Bonchev–Trinajstić information content (AvgIpc) is 2.03.